The largest absolute Gasteiger partial charge is 0.506 e. The Hall–Kier alpha value is -3.40. The number of rotatable bonds is 3. The maximum Gasteiger partial charge on any atom is 0.209 e. The zero-order valence-electron chi connectivity index (χ0n) is 22.1. The van der Waals surface area contributed by atoms with E-state index in [1.807, 2.05) is 19.2 Å². The maximum absolute atomic E-state index is 13.3. The molecule has 2 aliphatic heterocycles. The highest BCUT2D eigenvalue weighted by molar-refractivity contribution is 6.24. The molecule has 2 heterocycles. The van der Waals surface area contributed by atoms with Crippen LogP contribution < -0.4 is 4.90 Å². The number of aliphatic hydroxyl groups is 1. The first-order valence-electron chi connectivity index (χ1n) is 12.4. The number of aryl methyl sites for hydroxylation is 2. The van der Waals surface area contributed by atoms with Crippen molar-refractivity contribution in [1.29, 1.82) is 0 Å². The van der Waals surface area contributed by atoms with Gasteiger partial charge in [0.25, 0.3) is 0 Å². The van der Waals surface area contributed by atoms with Gasteiger partial charge in [-0.2, -0.15) is 4.58 Å². The second kappa shape index (κ2) is 7.55. The van der Waals surface area contributed by atoms with Crippen molar-refractivity contribution in [3.05, 3.63) is 93.4 Å². The van der Waals surface area contributed by atoms with E-state index in [4.69, 9.17) is 0 Å². The normalized spacial score (nSPS) is 22.3. The fraction of sp³-hybridized carbons (Fsp3) is 0.355. The Morgan fingerprint density at radius 3 is 2.20 bits per heavy atom. The third-order valence-corrected chi connectivity index (χ3v) is 8.11. The maximum atomic E-state index is 13.3. The van der Waals surface area contributed by atoms with E-state index in [1.54, 1.807) is 0 Å². The predicted molar refractivity (Wildman–Crippen MR) is 143 cm³/mol. The highest BCUT2D eigenvalue weighted by atomic mass is 16.3. The zero-order valence-corrected chi connectivity index (χ0v) is 22.1. The van der Waals surface area contributed by atoms with Gasteiger partial charge >= 0.3 is 0 Å². The third kappa shape index (κ3) is 3.19. The molecule has 0 aromatic heterocycles. The Morgan fingerprint density at radius 1 is 0.943 bits per heavy atom. The number of allylic oxidation sites excluding steroid dienone is 5. The molecule has 35 heavy (non-hydrogen) atoms. The fourth-order valence-corrected chi connectivity index (χ4v) is 5.98. The zero-order chi connectivity index (χ0) is 25.4. The van der Waals surface area contributed by atoms with Crippen molar-refractivity contribution in [1.82, 2.24) is 0 Å². The molecule has 2 aromatic rings. The Morgan fingerprint density at radius 2 is 1.57 bits per heavy atom. The van der Waals surface area contributed by atoms with Crippen LogP contribution in [0.5, 0.6) is 0 Å². The van der Waals surface area contributed by atoms with Crippen LogP contribution in [-0.4, -0.2) is 34.8 Å². The standard InChI is InChI=1S/C31H34N2O2/c1-9-33-25-13-11-19(3)15-23(25)31(6,7)27(33)17-21-28(34)20(29(21)35)16-26-30(4,5)22-14-18(2)10-12-24(22)32(26)8/h10-17H,9H2,1-8H3/p+1. The second-order valence-electron chi connectivity index (χ2n) is 11.2. The molecule has 1 aliphatic carbocycles. The molecular formula is C31H35N2O2+. The summed E-state index contributed by atoms with van der Waals surface area (Å²) in [7, 11) is 2.03. The van der Waals surface area contributed by atoms with Crippen LogP contribution in [0.25, 0.3) is 0 Å². The lowest BCUT2D eigenvalue weighted by Gasteiger charge is -2.28. The van der Waals surface area contributed by atoms with Gasteiger partial charge in [0.1, 0.15) is 12.8 Å². The minimum absolute atomic E-state index is 0.0883. The highest BCUT2D eigenvalue weighted by Crippen LogP contribution is 2.49. The molecule has 2 aromatic carbocycles. The molecule has 0 saturated heterocycles. The Kier molecular flexibility index (Phi) is 5.03. The summed E-state index contributed by atoms with van der Waals surface area (Å²) >= 11 is 0. The monoisotopic (exact) mass is 467 g/mol. The summed E-state index contributed by atoms with van der Waals surface area (Å²) in [4.78, 5) is 15.6. The van der Waals surface area contributed by atoms with Gasteiger partial charge in [0, 0.05) is 41.1 Å². The number of carbonyl (C=O) groups is 1. The van der Waals surface area contributed by atoms with E-state index in [1.165, 1.54) is 27.9 Å². The smallest absolute Gasteiger partial charge is 0.209 e. The molecule has 0 unspecified atom stereocenters. The van der Waals surface area contributed by atoms with Crippen molar-refractivity contribution in [3.8, 4) is 0 Å². The van der Waals surface area contributed by atoms with Crippen LogP contribution >= 0.6 is 0 Å². The van der Waals surface area contributed by atoms with Crippen LogP contribution in [0.2, 0.25) is 0 Å². The second-order valence-corrected chi connectivity index (χ2v) is 11.2. The number of carbonyl (C=O) groups excluding carboxylic acids is 1. The van der Waals surface area contributed by atoms with Crippen LogP contribution in [-0.2, 0) is 15.6 Å². The van der Waals surface area contributed by atoms with Gasteiger partial charge < -0.3 is 10.0 Å². The molecule has 1 N–H and O–H groups in total. The summed E-state index contributed by atoms with van der Waals surface area (Å²) in [5.41, 5.74) is 9.58. The van der Waals surface area contributed by atoms with E-state index in [9.17, 15) is 9.90 Å². The fourth-order valence-electron chi connectivity index (χ4n) is 5.98. The number of aliphatic hydroxyl groups excluding tert-OH is 1. The number of anilines is 1. The Labute approximate surface area is 208 Å². The number of hydrogen-bond donors (Lipinski definition) is 1. The van der Waals surface area contributed by atoms with E-state index in [-0.39, 0.29) is 22.4 Å². The molecule has 0 saturated carbocycles. The van der Waals surface area contributed by atoms with E-state index >= 15 is 0 Å². The van der Waals surface area contributed by atoms with E-state index < -0.39 is 0 Å². The van der Waals surface area contributed by atoms with Gasteiger partial charge in [0.05, 0.1) is 16.6 Å². The lowest BCUT2D eigenvalue weighted by atomic mass is 9.77. The van der Waals surface area contributed by atoms with Crippen molar-refractivity contribution in [2.45, 2.75) is 59.3 Å². The van der Waals surface area contributed by atoms with Crippen molar-refractivity contribution in [2.75, 3.05) is 18.5 Å². The molecule has 0 atom stereocenters. The van der Waals surface area contributed by atoms with Gasteiger partial charge in [0.2, 0.25) is 11.5 Å². The molecule has 0 spiro atoms. The van der Waals surface area contributed by atoms with Crippen LogP contribution in [0.1, 0.15) is 56.9 Å². The van der Waals surface area contributed by atoms with Gasteiger partial charge in [0.15, 0.2) is 5.71 Å². The summed E-state index contributed by atoms with van der Waals surface area (Å²) in [5.74, 6) is -0.0110. The molecule has 0 radical (unpaired) electrons. The first kappa shape index (κ1) is 23.3. The van der Waals surface area contributed by atoms with Gasteiger partial charge in [-0.1, -0.05) is 43.2 Å². The van der Waals surface area contributed by atoms with Crippen LogP contribution in [0.15, 0.2) is 71.2 Å². The molecule has 0 bridgehead atoms. The quantitative estimate of drug-likeness (QED) is 0.424. The highest BCUT2D eigenvalue weighted by Gasteiger charge is 2.46. The number of fused-ring (bicyclic) bond motifs is 2. The summed E-state index contributed by atoms with van der Waals surface area (Å²) in [6.45, 7) is 15.8. The summed E-state index contributed by atoms with van der Waals surface area (Å²) < 4.78 is 2.14. The number of ketones is 1. The van der Waals surface area contributed by atoms with Crippen molar-refractivity contribution < 1.29 is 14.5 Å². The summed E-state index contributed by atoms with van der Waals surface area (Å²) in [6.07, 6.45) is 3.78. The van der Waals surface area contributed by atoms with Crippen LogP contribution in [0.3, 0.4) is 0 Å². The summed E-state index contributed by atoms with van der Waals surface area (Å²) in [6, 6.07) is 13.0. The average Bonchev–Trinajstić information content (AvgIpc) is 3.13. The summed E-state index contributed by atoms with van der Waals surface area (Å²) in [5, 5.41) is 11.1. The van der Waals surface area contributed by atoms with Gasteiger partial charge in [-0.15, -0.1) is 0 Å². The third-order valence-electron chi connectivity index (χ3n) is 8.11. The van der Waals surface area contributed by atoms with Crippen LogP contribution in [0, 0.1) is 13.8 Å². The van der Waals surface area contributed by atoms with Crippen molar-refractivity contribution in [3.63, 3.8) is 0 Å². The van der Waals surface area contributed by atoms with Crippen molar-refractivity contribution >= 4 is 22.9 Å². The molecule has 0 amide bonds. The van der Waals surface area contributed by atoms with E-state index in [2.05, 4.69) is 94.3 Å². The molecule has 4 nitrogen and oxygen atoms in total. The predicted octanol–water partition coefficient (Wildman–Crippen LogP) is 6.33. The Bertz CT molecular complexity index is 1430. The average molecular weight is 468 g/mol. The molecule has 5 rings (SSSR count). The molecule has 180 valence electrons. The Balaban J connectivity index is 1.56. The first-order valence-corrected chi connectivity index (χ1v) is 12.4. The SMILES string of the molecule is CCN1C(=CC2=C(O)C(=CC3=[N+](C)c4ccc(C)cc4C3(C)C)C2=O)C(C)(C)c2cc(C)ccc21. The lowest BCUT2D eigenvalue weighted by Crippen LogP contribution is -2.31. The first-order chi connectivity index (χ1) is 16.4. The number of benzene rings is 2. The van der Waals surface area contributed by atoms with Gasteiger partial charge in [-0.3, -0.25) is 4.79 Å². The molecule has 4 heteroatoms. The van der Waals surface area contributed by atoms with Crippen LogP contribution in [0.4, 0.5) is 11.4 Å². The minimum Gasteiger partial charge on any atom is -0.506 e. The van der Waals surface area contributed by atoms with E-state index in [0.29, 0.717) is 11.1 Å². The molecule has 0 fully saturated rings. The topological polar surface area (TPSA) is 43.5 Å². The van der Waals surface area contributed by atoms with E-state index in [0.717, 1.165) is 23.6 Å². The lowest BCUT2D eigenvalue weighted by molar-refractivity contribution is -0.401. The van der Waals surface area contributed by atoms with Gasteiger partial charge in [-0.25, -0.2) is 0 Å². The minimum atomic E-state index is -0.260. The van der Waals surface area contributed by atoms with Gasteiger partial charge in [-0.05, 0) is 58.4 Å². The molecular weight excluding hydrogens is 432 g/mol. The number of likely N-dealkylation sites (N-methyl/N-ethyl adjacent to an activating group) is 1. The number of Topliss-reactive ketones (excluding diaryl/α,β-unsaturated/α-hetero) is 1. The molecule has 3 aliphatic rings. The number of hydrogen-bond acceptors (Lipinski definition) is 3. The number of nitrogens with zero attached hydrogens (tertiary/aromatic N) is 2. The van der Waals surface area contributed by atoms with Crippen molar-refractivity contribution in [2.24, 2.45) is 0 Å².